The zero-order valence-electron chi connectivity index (χ0n) is 15.8. The fourth-order valence-corrected chi connectivity index (χ4v) is 3.80. The SMILES string of the molecule is CC(=O)Oc1ccc(-c2cc(O)c(Sc3ccccc3C(C)C)c(=O)o2)cc1. The predicted molar refractivity (Wildman–Crippen MR) is 108 cm³/mol. The second-order valence-electron chi connectivity index (χ2n) is 6.53. The van der Waals surface area contributed by atoms with Gasteiger partial charge in [-0.25, -0.2) is 4.79 Å². The summed E-state index contributed by atoms with van der Waals surface area (Å²) in [6, 6.07) is 15.7. The molecule has 0 aliphatic rings. The number of rotatable bonds is 5. The standard InChI is InChI=1S/C22H20O5S/c1-13(2)17-6-4-5-7-20(17)28-21-18(24)12-19(27-22(21)25)15-8-10-16(11-9-15)26-14(3)23/h4-13,24H,1-3H3. The van der Waals surface area contributed by atoms with Crippen molar-refractivity contribution in [3.05, 3.63) is 70.6 Å². The molecule has 1 aromatic heterocycles. The van der Waals surface area contributed by atoms with Crippen LogP contribution in [-0.4, -0.2) is 11.1 Å². The molecular weight excluding hydrogens is 376 g/mol. The minimum absolute atomic E-state index is 0.140. The monoisotopic (exact) mass is 396 g/mol. The number of carbonyl (C=O) groups excluding carboxylic acids is 1. The summed E-state index contributed by atoms with van der Waals surface area (Å²) in [4.78, 5) is 24.6. The lowest BCUT2D eigenvalue weighted by molar-refractivity contribution is -0.131. The van der Waals surface area contributed by atoms with Gasteiger partial charge in [0, 0.05) is 23.4 Å². The van der Waals surface area contributed by atoms with Gasteiger partial charge in [-0.15, -0.1) is 0 Å². The van der Waals surface area contributed by atoms with Gasteiger partial charge in [0.25, 0.3) is 0 Å². The van der Waals surface area contributed by atoms with E-state index in [9.17, 15) is 14.7 Å². The second kappa shape index (κ2) is 8.35. The summed E-state index contributed by atoms with van der Waals surface area (Å²) >= 11 is 1.20. The van der Waals surface area contributed by atoms with Crippen LogP contribution < -0.4 is 10.4 Å². The lowest BCUT2D eigenvalue weighted by atomic mass is 10.0. The normalized spacial score (nSPS) is 10.9. The predicted octanol–water partition coefficient (Wildman–Crippen LogP) is 5.21. The third-order valence-corrected chi connectivity index (χ3v) is 5.21. The van der Waals surface area contributed by atoms with E-state index in [0.717, 1.165) is 10.5 Å². The summed E-state index contributed by atoms with van der Waals surface area (Å²) in [6.45, 7) is 5.47. The third-order valence-electron chi connectivity index (χ3n) is 4.04. The van der Waals surface area contributed by atoms with E-state index in [2.05, 4.69) is 13.8 Å². The van der Waals surface area contributed by atoms with Crippen molar-refractivity contribution in [1.82, 2.24) is 0 Å². The molecule has 0 bridgehead atoms. The zero-order valence-corrected chi connectivity index (χ0v) is 16.6. The van der Waals surface area contributed by atoms with E-state index in [1.807, 2.05) is 24.3 Å². The molecule has 5 nitrogen and oxygen atoms in total. The Labute approximate surface area is 167 Å². The molecule has 0 spiro atoms. The number of benzene rings is 2. The van der Waals surface area contributed by atoms with Gasteiger partial charge in [0.1, 0.15) is 22.2 Å². The lowest BCUT2D eigenvalue weighted by Crippen LogP contribution is -2.04. The van der Waals surface area contributed by atoms with Crippen LogP contribution in [-0.2, 0) is 4.79 Å². The summed E-state index contributed by atoms with van der Waals surface area (Å²) in [5.41, 5.74) is 1.07. The highest BCUT2D eigenvalue weighted by Gasteiger charge is 2.16. The number of aromatic hydroxyl groups is 1. The molecule has 3 aromatic rings. The summed E-state index contributed by atoms with van der Waals surface area (Å²) in [5.74, 6) is 0.352. The van der Waals surface area contributed by atoms with Crippen LogP contribution >= 0.6 is 11.8 Å². The number of hydrogen-bond donors (Lipinski definition) is 1. The van der Waals surface area contributed by atoms with Gasteiger partial charge in [0.05, 0.1) is 0 Å². The maximum atomic E-state index is 12.5. The Morgan fingerprint density at radius 1 is 1.11 bits per heavy atom. The highest BCUT2D eigenvalue weighted by atomic mass is 32.2. The third kappa shape index (κ3) is 4.46. The van der Waals surface area contributed by atoms with E-state index in [4.69, 9.17) is 9.15 Å². The van der Waals surface area contributed by atoms with E-state index in [1.54, 1.807) is 24.3 Å². The molecule has 2 aromatic carbocycles. The second-order valence-corrected chi connectivity index (χ2v) is 7.58. The van der Waals surface area contributed by atoms with E-state index in [0.29, 0.717) is 11.3 Å². The van der Waals surface area contributed by atoms with Crippen molar-refractivity contribution < 1.29 is 19.1 Å². The Balaban J connectivity index is 1.92. The number of ether oxygens (including phenoxy) is 1. The maximum absolute atomic E-state index is 12.5. The van der Waals surface area contributed by atoms with Crippen LogP contribution in [0.5, 0.6) is 11.5 Å². The van der Waals surface area contributed by atoms with Crippen LogP contribution in [0.3, 0.4) is 0 Å². The lowest BCUT2D eigenvalue weighted by Gasteiger charge is -2.12. The molecule has 3 rings (SSSR count). The molecule has 0 fully saturated rings. The average molecular weight is 396 g/mol. The first kappa shape index (κ1) is 19.8. The highest BCUT2D eigenvalue weighted by Crippen LogP contribution is 2.37. The fourth-order valence-electron chi connectivity index (χ4n) is 2.72. The summed E-state index contributed by atoms with van der Waals surface area (Å²) in [7, 11) is 0. The largest absolute Gasteiger partial charge is 0.506 e. The maximum Gasteiger partial charge on any atom is 0.354 e. The summed E-state index contributed by atoms with van der Waals surface area (Å²) in [6.07, 6.45) is 0. The van der Waals surface area contributed by atoms with Crippen LogP contribution in [0.15, 0.2) is 73.6 Å². The van der Waals surface area contributed by atoms with Gasteiger partial charge in [0.2, 0.25) is 0 Å². The van der Waals surface area contributed by atoms with Gasteiger partial charge in [-0.05, 0) is 41.8 Å². The van der Waals surface area contributed by atoms with Crippen molar-refractivity contribution in [3.63, 3.8) is 0 Å². The van der Waals surface area contributed by atoms with E-state index >= 15 is 0 Å². The topological polar surface area (TPSA) is 76.7 Å². The Bertz CT molecular complexity index is 1050. The molecule has 28 heavy (non-hydrogen) atoms. The van der Waals surface area contributed by atoms with Crippen molar-refractivity contribution >= 4 is 17.7 Å². The molecule has 1 heterocycles. The van der Waals surface area contributed by atoms with Gasteiger partial charge in [-0.2, -0.15) is 0 Å². The number of hydrogen-bond acceptors (Lipinski definition) is 6. The first-order valence-electron chi connectivity index (χ1n) is 8.78. The van der Waals surface area contributed by atoms with Crippen molar-refractivity contribution in [1.29, 1.82) is 0 Å². The van der Waals surface area contributed by atoms with Crippen LogP contribution in [0.25, 0.3) is 11.3 Å². The van der Waals surface area contributed by atoms with E-state index < -0.39 is 11.6 Å². The summed E-state index contributed by atoms with van der Waals surface area (Å²) in [5, 5.41) is 10.4. The van der Waals surface area contributed by atoms with Crippen LogP contribution in [0.2, 0.25) is 0 Å². The highest BCUT2D eigenvalue weighted by molar-refractivity contribution is 7.99. The molecule has 0 amide bonds. The van der Waals surface area contributed by atoms with Crippen molar-refractivity contribution in [2.24, 2.45) is 0 Å². The summed E-state index contributed by atoms with van der Waals surface area (Å²) < 4.78 is 10.4. The van der Waals surface area contributed by atoms with Gasteiger partial charge in [0.15, 0.2) is 0 Å². The number of esters is 1. The minimum Gasteiger partial charge on any atom is -0.506 e. The van der Waals surface area contributed by atoms with Crippen LogP contribution in [0, 0.1) is 0 Å². The minimum atomic E-state index is -0.609. The van der Waals surface area contributed by atoms with Crippen molar-refractivity contribution in [2.45, 2.75) is 36.5 Å². The first-order chi connectivity index (χ1) is 13.3. The zero-order chi connectivity index (χ0) is 20.3. The molecule has 144 valence electrons. The van der Waals surface area contributed by atoms with Crippen molar-refractivity contribution in [3.8, 4) is 22.8 Å². The van der Waals surface area contributed by atoms with Gasteiger partial charge < -0.3 is 14.3 Å². The molecular formula is C22H20O5S. The smallest absolute Gasteiger partial charge is 0.354 e. The van der Waals surface area contributed by atoms with Crippen LogP contribution in [0.4, 0.5) is 0 Å². The first-order valence-corrected chi connectivity index (χ1v) is 9.59. The molecule has 0 saturated carbocycles. The molecule has 0 aliphatic heterocycles. The van der Waals surface area contributed by atoms with Crippen molar-refractivity contribution in [2.75, 3.05) is 0 Å². The molecule has 0 radical (unpaired) electrons. The Morgan fingerprint density at radius 2 is 1.79 bits per heavy atom. The van der Waals surface area contributed by atoms with E-state index in [1.165, 1.54) is 24.8 Å². The van der Waals surface area contributed by atoms with Crippen LogP contribution in [0.1, 0.15) is 32.3 Å². The number of carbonyl (C=O) groups is 1. The average Bonchev–Trinajstić information content (AvgIpc) is 2.65. The molecule has 0 unspecified atom stereocenters. The fraction of sp³-hybridized carbons (Fsp3) is 0.182. The Hall–Kier alpha value is -2.99. The molecule has 0 saturated heterocycles. The van der Waals surface area contributed by atoms with E-state index in [-0.39, 0.29) is 22.3 Å². The Morgan fingerprint density at radius 3 is 2.39 bits per heavy atom. The van der Waals surface area contributed by atoms with Gasteiger partial charge >= 0.3 is 11.6 Å². The van der Waals surface area contributed by atoms with Gasteiger partial charge in [-0.3, -0.25) is 4.79 Å². The Kier molecular flexibility index (Phi) is 5.90. The molecule has 1 N–H and O–H groups in total. The molecule has 0 aliphatic carbocycles. The molecule has 0 atom stereocenters. The quantitative estimate of drug-likeness (QED) is 0.471. The molecule has 6 heteroatoms. The van der Waals surface area contributed by atoms with Gasteiger partial charge in [-0.1, -0.05) is 43.8 Å².